The Labute approximate surface area is 175 Å². The third-order valence-corrected chi connectivity index (χ3v) is 4.97. The van der Waals surface area contributed by atoms with Crippen LogP contribution in [0.2, 0.25) is 0 Å². The van der Waals surface area contributed by atoms with E-state index in [0.29, 0.717) is 12.2 Å². The normalized spacial score (nSPS) is 15.1. The maximum absolute atomic E-state index is 9.55. The van der Waals surface area contributed by atoms with Gasteiger partial charge < -0.3 is 25.2 Å². The number of ether oxygens (including phenoxy) is 1. The molecule has 4 rings (SSSR count). The highest BCUT2D eigenvalue weighted by molar-refractivity contribution is 5.89. The fraction of sp³-hybridized carbons (Fsp3) is 0.304. The summed E-state index contributed by atoms with van der Waals surface area (Å²) in [5, 5.41) is 19.1. The van der Waals surface area contributed by atoms with Crippen LogP contribution in [-0.4, -0.2) is 48.4 Å². The zero-order chi connectivity index (χ0) is 21.3. The highest BCUT2D eigenvalue weighted by Crippen LogP contribution is 2.36. The molecule has 2 aliphatic heterocycles. The van der Waals surface area contributed by atoms with Crippen molar-refractivity contribution in [2.24, 2.45) is 0 Å². The quantitative estimate of drug-likeness (QED) is 0.666. The summed E-state index contributed by atoms with van der Waals surface area (Å²) >= 11 is 0. The van der Waals surface area contributed by atoms with Gasteiger partial charge in [-0.1, -0.05) is 30.3 Å². The largest absolute Gasteiger partial charge is 0.490 e. The number of carboxylic acid groups (broad SMARTS) is 2. The standard InChI is InChI=1S/C19H22N2O.C4H4O4/c1-2-4-15(5-3-1)14-21-10-11-22-19-13-17-7-9-20-8-6-16(17)12-18(19)21;5-3(6)1-2-4(7)8/h1-5,12-13,20H,6-11,14H2;1-2H,(H,5,6)(H,7,8)/b;2-1+. The Kier molecular flexibility index (Phi) is 7.45. The van der Waals surface area contributed by atoms with Crippen LogP contribution in [0, 0.1) is 0 Å². The van der Waals surface area contributed by atoms with Crippen LogP contribution in [-0.2, 0) is 29.0 Å². The number of nitrogens with zero attached hydrogens (tertiary/aromatic N) is 1. The minimum absolute atomic E-state index is 0.558. The number of hydrogen-bond donors (Lipinski definition) is 3. The molecule has 2 heterocycles. The van der Waals surface area contributed by atoms with Gasteiger partial charge in [0.15, 0.2) is 0 Å². The number of aliphatic carboxylic acids is 2. The van der Waals surface area contributed by atoms with Gasteiger partial charge in [0.1, 0.15) is 12.4 Å². The molecule has 0 saturated carbocycles. The molecule has 2 aromatic carbocycles. The van der Waals surface area contributed by atoms with E-state index in [1.54, 1.807) is 0 Å². The highest BCUT2D eigenvalue weighted by Gasteiger charge is 2.21. The summed E-state index contributed by atoms with van der Waals surface area (Å²) in [7, 11) is 0. The zero-order valence-corrected chi connectivity index (χ0v) is 16.7. The van der Waals surface area contributed by atoms with Crippen LogP contribution in [0.3, 0.4) is 0 Å². The van der Waals surface area contributed by atoms with Crippen molar-refractivity contribution in [3.8, 4) is 5.75 Å². The van der Waals surface area contributed by atoms with Crippen molar-refractivity contribution in [3.63, 3.8) is 0 Å². The fourth-order valence-corrected chi connectivity index (χ4v) is 3.55. The summed E-state index contributed by atoms with van der Waals surface area (Å²) in [4.78, 5) is 21.6. The van der Waals surface area contributed by atoms with Gasteiger partial charge in [-0.15, -0.1) is 0 Å². The smallest absolute Gasteiger partial charge is 0.328 e. The molecule has 0 aromatic heterocycles. The Morgan fingerprint density at radius 2 is 1.63 bits per heavy atom. The first-order chi connectivity index (χ1) is 14.5. The van der Waals surface area contributed by atoms with Gasteiger partial charge in [-0.2, -0.15) is 0 Å². The number of benzene rings is 2. The van der Waals surface area contributed by atoms with E-state index in [9.17, 15) is 9.59 Å². The summed E-state index contributed by atoms with van der Waals surface area (Å²) in [6.45, 7) is 4.83. The summed E-state index contributed by atoms with van der Waals surface area (Å²) in [5.74, 6) is -1.46. The Balaban J connectivity index is 0.000000275. The predicted octanol–water partition coefficient (Wildman–Crippen LogP) is 2.49. The zero-order valence-electron chi connectivity index (χ0n) is 16.7. The minimum Gasteiger partial charge on any atom is -0.490 e. The monoisotopic (exact) mass is 410 g/mol. The molecule has 0 fully saturated rings. The molecule has 3 N–H and O–H groups in total. The molecule has 0 aliphatic carbocycles. The number of rotatable bonds is 4. The SMILES string of the molecule is O=C(O)/C=C/C(=O)O.c1ccc(CN2CCOc3cc4c(cc32)CCNCC4)cc1. The number of carbonyl (C=O) groups is 2. The molecule has 0 spiro atoms. The van der Waals surface area contributed by atoms with Crippen molar-refractivity contribution in [1.82, 2.24) is 5.32 Å². The first-order valence-corrected chi connectivity index (χ1v) is 9.95. The van der Waals surface area contributed by atoms with Gasteiger partial charge in [-0.25, -0.2) is 9.59 Å². The molecule has 0 bridgehead atoms. The van der Waals surface area contributed by atoms with Gasteiger partial charge in [0.2, 0.25) is 0 Å². The molecular weight excluding hydrogens is 384 g/mol. The fourth-order valence-electron chi connectivity index (χ4n) is 3.55. The lowest BCUT2D eigenvalue weighted by Crippen LogP contribution is -2.32. The second-order valence-electron chi connectivity index (χ2n) is 7.10. The first kappa shape index (κ1) is 21.4. The summed E-state index contributed by atoms with van der Waals surface area (Å²) in [6.07, 6.45) is 3.33. The maximum Gasteiger partial charge on any atom is 0.328 e. The van der Waals surface area contributed by atoms with Crippen LogP contribution in [0.5, 0.6) is 5.75 Å². The Hall–Kier alpha value is -3.32. The molecule has 7 heteroatoms. The van der Waals surface area contributed by atoms with Gasteiger partial charge in [0.25, 0.3) is 0 Å². The van der Waals surface area contributed by atoms with E-state index in [1.807, 2.05) is 0 Å². The number of fused-ring (bicyclic) bond motifs is 2. The lowest BCUT2D eigenvalue weighted by molar-refractivity contribution is -0.134. The molecular formula is C23H26N2O5. The van der Waals surface area contributed by atoms with E-state index in [2.05, 4.69) is 52.7 Å². The third-order valence-electron chi connectivity index (χ3n) is 4.97. The van der Waals surface area contributed by atoms with Crippen LogP contribution in [0.1, 0.15) is 16.7 Å². The second-order valence-corrected chi connectivity index (χ2v) is 7.10. The van der Waals surface area contributed by atoms with Gasteiger partial charge >= 0.3 is 11.9 Å². The molecule has 30 heavy (non-hydrogen) atoms. The van der Waals surface area contributed by atoms with Crippen LogP contribution in [0.4, 0.5) is 5.69 Å². The Bertz CT molecular complexity index is 895. The summed E-state index contributed by atoms with van der Waals surface area (Å²) < 4.78 is 5.94. The summed E-state index contributed by atoms with van der Waals surface area (Å²) in [6, 6.07) is 15.3. The van der Waals surface area contributed by atoms with Crippen molar-refractivity contribution >= 4 is 17.6 Å². The molecule has 158 valence electrons. The molecule has 2 aliphatic rings. The van der Waals surface area contributed by atoms with Crippen molar-refractivity contribution < 1.29 is 24.5 Å². The second kappa shape index (κ2) is 10.5. The van der Waals surface area contributed by atoms with Gasteiger partial charge in [-0.05, 0) is 54.8 Å². The van der Waals surface area contributed by atoms with E-state index in [-0.39, 0.29) is 0 Å². The van der Waals surface area contributed by atoms with Crippen molar-refractivity contribution in [2.75, 3.05) is 31.1 Å². The van der Waals surface area contributed by atoms with Gasteiger partial charge in [-0.3, -0.25) is 0 Å². The third kappa shape index (κ3) is 6.09. The number of nitrogens with one attached hydrogen (secondary N) is 1. The lowest BCUT2D eigenvalue weighted by Gasteiger charge is -2.32. The molecule has 0 unspecified atom stereocenters. The number of carboxylic acids is 2. The molecule has 0 radical (unpaired) electrons. The molecule has 0 atom stereocenters. The number of anilines is 1. The van der Waals surface area contributed by atoms with Crippen molar-refractivity contribution in [3.05, 3.63) is 71.3 Å². The Morgan fingerprint density at radius 1 is 1.00 bits per heavy atom. The van der Waals surface area contributed by atoms with Crippen LogP contribution in [0.15, 0.2) is 54.6 Å². The van der Waals surface area contributed by atoms with Crippen molar-refractivity contribution in [1.29, 1.82) is 0 Å². The van der Waals surface area contributed by atoms with E-state index >= 15 is 0 Å². The molecule has 0 amide bonds. The van der Waals surface area contributed by atoms with Gasteiger partial charge in [0, 0.05) is 18.7 Å². The van der Waals surface area contributed by atoms with Crippen LogP contribution in [0.25, 0.3) is 0 Å². The van der Waals surface area contributed by atoms with E-state index in [0.717, 1.165) is 51.4 Å². The van der Waals surface area contributed by atoms with Crippen molar-refractivity contribution in [2.45, 2.75) is 19.4 Å². The highest BCUT2D eigenvalue weighted by atomic mass is 16.5. The minimum atomic E-state index is -1.26. The molecule has 0 saturated heterocycles. The molecule has 7 nitrogen and oxygen atoms in total. The lowest BCUT2D eigenvalue weighted by atomic mass is 10.00. The van der Waals surface area contributed by atoms with Crippen LogP contribution >= 0.6 is 0 Å². The Morgan fingerprint density at radius 3 is 2.27 bits per heavy atom. The summed E-state index contributed by atoms with van der Waals surface area (Å²) in [5.41, 5.74) is 5.54. The predicted molar refractivity (Wildman–Crippen MR) is 114 cm³/mol. The number of hydrogen-bond acceptors (Lipinski definition) is 5. The van der Waals surface area contributed by atoms with E-state index in [1.165, 1.54) is 22.4 Å². The van der Waals surface area contributed by atoms with E-state index < -0.39 is 11.9 Å². The topological polar surface area (TPSA) is 99.1 Å². The average Bonchev–Trinajstić information content (AvgIpc) is 2.97. The molecule has 2 aromatic rings. The van der Waals surface area contributed by atoms with Gasteiger partial charge in [0.05, 0.1) is 12.2 Å². The van der Waals surface area contributed by atoms with Crippen LogP contribution < -0.4 is 15.0 Å². The average molecular weight is 410 g/mol. The first-order valence-electron chi connectivity index (χ1n) is 9.95. The van der Waals surface area contributed by atoms with E-state index in [4.69, 9.17) is 14.9 Å². The maximum atomic E-state index is 9.55.